The first kappa shape index (κ1) is 14.6. The number of ether oxygens (including phenoxy) is 1. The van der Waals surface area contributed by atoms with Crippen molar-refractivity contribution in [3.8, 4) is 0 Å². The van der Waals surface area contributed by atoms with Gasteiger partial charge in [0.1, 0.15) is 0 Å². The average Bonchev–Trinajstić information content (AvgIpc) is 2.47. The predicted molar refractivity (Wildman–Crippen MR) is 81.4 cm³/mol. The van der Waals surface area contributed by atoms with Crippen LogP contribution in [-0.4, -0.2) is 6.61 Å². The molecule has 0 spiro atoms. The Labute approximate surface area is 118 Å². The Morgan fingerprint density at radius 1 is 1.05 bits per heavy atom. The summed E-state index contributed by atoms with van der Waals surface area (Å²) >= 11 is 0. The van der Waals surface area contributed by atoms with Crippen molar-refractivity contribution in [2.24, 2.45) is 5.92 Å². The molecule has 1 saturated heterocycles. The van der Waals surface area contributed by atoms with E-state index in [1.54, 1.807) is 0 Å². The van der Waals surface area contributed by atoms with Gasteiger partial charge in [0.15, 0.2) is 0 Å². The summed E-state index contributed by atoms with van der Waals surface area (Å²) in [7, 11) is 0. The zero-order valence-electron chi connectivity index (χ0n) is 12.5. The van der Waals surface area contributed by atoms with Crippen molar-refractivity contribution >= 4 is 0 Å². The highest BCUT2D eigenvalue weighted by Crippen LogP contribution is 2.32. The SMILES string of the molecule is CCCCC1CCC(c2ccc(CCC)cc2)OC1. The summed E-state index contributed by atoms with van der Waals surface area (Å²) in [6.45, 7) is 5.46. The Kier molecular flexibility index (Phi) is 5.91. The van der Waals surface area contributed by atoms with Crippen LogP contribution in [0, 0.1) is 5.92 Å². The molecule has 1 nitrogen and oxygen atoms in total. The summed E-state index contributed by atoms with van der Waals surface area (Å²) in [6, 6.07) is 9.07. The zero-order chi connectivity index (χ0) is 13.5. The van der Waals surface area contributed by atoms with Gasteiger partial charge in [0.25, 0.3) is 0 Å². The van der Waals surface area contributed by atoms with Gasteiger partial charge in [-0.15, -0.1) is 0 Å². The first-order valence-corrected chi connectivity index (χ1v) is 8.04. The van der Waals surface area contributed by atoms with Gasteiger partial charge in [-0.2, -0.15) is 0 Å². The molecular formula is C18H28O. The average molecular weight is 260 g/mol. The first-order valence-electron chi connectivity index (χ1n) is 8.04. The molecule has 0 aliphatic carbocycles. The van der Waals surface area contributed by atoms with Crippen molar-refractivity contribution in [2.45, 2.75) is 64.9 Å². The highest BCUT2D eigenvalue weighted by atomic mass is 16.5. The number of rotatable bonds is 6. The first-order chi connectivity index (χ1) is 9.33. The van der Waals surface area contributed by atoms with Crippen LogP contribution in [0.5, 0.6) is 0 Å². The number of hydrogen-bond donors (Lipinski definition) is 0. The fraction of sp³-hybridized carbons (Fsp3) is 0.667. The fourth-order valence-corrected chi connectivity index (χ4v) is 2.98. The Hall–Kier alpha value is -0.820. The maximum atomic E-state index is 6.07. The molecule has 106 valence electrons. The molecule has 0 aromatic heterocycles. The largest absolute Gasteiger partial charge is 0.373 e. The molecule has 1 fully saturated rings. The second-order valence-electron chi connectivity index (χ2n) is 5.90. The van der Waals surface area contributed by atoms with E-state index < -0.39 is 0 Å². The topological polar surface area (TPSA) is 9.23 Å². The summed E-state index contributed by atoms with van der Waals surface area (Å²) in [6.07, 6.45) is 9.28. The Bertz CT molecular complexity index is 346. The van der Waals surface area contributed by atoms with E-state index in [0.717, 1.165) is 12.5 Å². The van der Waals surface area contributed by atoms with Crippen LogP contribution in [0.25, 0.3) is 0 Å². The van der Waals surface area contributed by atoms with Crippen LogP contribution in [0.15, 0.2) is 24.3 Å². The lowest BCUT2D eigenvalue weighted by atomic mass is 9.91. The molecule has 2 rings (SSSR count). The van der Waals surface area contributed by atoms with E-state index in [1.165, 1.54) is 56.1 Å². The van der Waals surface area contributed by atoms with Crippen LogP contribution in [0.2, 0.25) is 0 Å². The maximum absolute atomic E-state index is 6.07. The Balaban J connectivity index is 1.83. The normalized spacial score (nSPS) is 23.5. The van der Waals surface area contributed by atoms with Crippen LogP contribution in [0.1, 0.15) is 69.6 Å². The van der Waals surface area contributed by atoms with E-state index in [-0.39, 0.29) is 0 Å². The van der Waals surface area contributed by atoms with Crippen LogP contribution >= 0.6 is 0 Å². The summed E-state index contributed by atoms with van der Waals surface area (Å²) in [5.41, 5.74) is 2.82. The third-order valence-electron chi connectivity index (χ3n) is 4.23. The highest BCUT2D eigenvalue weighted by molar-refractivity contribution is 5.24. The highest BCUT2D eigenvalue weighted by Gasteiger charge is 2.22. The molecular weight excluding hydrogens is 232 g/mol. The Morgan fingerprint density at radius 2 is 1.84 bits per heavy atom. The minimum atomic E-state index is 0.341. The minimum Gasteiger partial charge on any atom is -0.373 e. The smallest absolute Gasteiger partial charge is 0.0825 e. The molecule has 2 unspecified atom stereocenters. The molecule has 0 radical (unpaired) electrons. The number of benzene rings is 1. The number of aryl methyl sites for hydroxylation is 1. The minimum absolute atomic E-state index is 0.341. The molecule has 1 aromatic carbocycles. The van der Waals surface area contributed by atoms with Gasteiger partial charge in [0.05, 0.1) is 12.7 Å². The zero-order valence-corrected chi connectivity index (χ0v) is 12.5. The summed E-state index contributed by atoms with van der Waals surface area (Å²) < 4.78 is 6.07. The van der Waals surface area contributed by atoms with E-state index in [2.05, 4.69) is 38.1 Å². The van der Waals surface area contributed by atoms with E-state index in [1.807, 2.05) is 0 Å². The van der Waals surface area contributed by atoms with Crippen molar-refractivity contribution in [3.63, 3.8) is 0 Å². The van der Waals surface area contributed by atoms with Crippen molar-refractivity contribution < 1.29 is 4.74 Å². The lowest BCUT2D eigenvalue weighted by Gasteiger charge is -2.29. The summed E-state index contributed by atoms with van der Waals surface area (Å²) in [5.74, 6) is 0.801. The van der Waals surface area contributed by atoms with Crippen LogP contribution < -0.4 is 0 Å². The van der Waals surface area contributed by atoms with Crippen molar-refractivity contribution in [1.82, 2.24) is 0 Å². The van der Waals surface area contributed by atoms with Crippen LogP contribution in [0.4, 0.5) is 0 Å². The molecule has 0 amide bonds. The van der Waals surface area contributed by atoms with Gasteiger partial charge in [0.2, 0.25) is 0 Å². The fourth-order valence-electron chi connectivity index (χ4n) is 2.98. The van der Waals surface area contributed by atoms with Crippen molar-refractivity contribution in [2.75, 3.05) is 6.61 Å². The molecule has 0 N–H and O–H groups in total. The summed E-state index contributed by atoms with van der Waals surface area (Å²) in [4.78, 5) is 0. The third kappa shape index (κ3) is 4.35. The second-order valence-corrected chi connectivity index (χ2v) is 5.90. The molecule has 1 heteroatoms. The van der Waals surface area contributed by atoms with Gasteiger partial charge in [-0.1, -0.05) is 57.4 Å². The van der Waals surface area contributed by atoms with Gasteiger partial charge < -0.3 is 4.74 Å². The van der Waals surface area contributed by atoms with Gasteiger partial charge in [0, 0.05) is 0 Å². The van der Waals surface area contributed by atoms with Gasteiger partial charge in [-0.3, -0.25) is 0 Å². The molecule has 19 heavy (non-hydrogen) atoms. The Morgan fingerprint density at radius 3 is 2.42 bits per heavy atom. The van der Waals surface area contributed by atoms with E-state index in [4.69, 9.17) is 4.74 Å². The van der Waals surface area contributed by atoms with Crippen molar-refractivity contribution in [3.05, 3.63) is 35.4 Å². The maximum Gasteiger partial charge on any atom is 0.0825 e. The third-order valence-corrected chi connectivity index (χ3v) is 4.23. The lowest BCUT2D eigenvalue weighted by molar-refractivity contribution is -0.0198. The van der Waals surface area contributed by atoms with E-state index in [9.17, 15) is 0 Å². The van der Waals surface area contributed by atoms with Crippen LogP contribution in [0.3, 0.4) is 0 Å². The van der Waals surface area contributed by atoms with E-state index >= 15 is 0 Å². The lowest BCUT2D eigenvalue weighted by Crippen LogP contribution is -2.20. The van der Waals surface area contributed by atoms with Crippen LogP contribution in [-0.2, 0) is 11.2 Å². The van der Waals surface area contributed by atoms with Crippen molar-refractivity contribution in [1.29, 1.82) is 0 Å². The number of hydrogen-bond acceptors (Lipinski definition) is 1. The molecule has 0 saturated carbocycles. The monoisotopic (exact) mass is 260 g/mol. The molecule has 1 heterocycles. The van der Waals surface area contributed by atoms with Gasteiger partial charge in [-0.25, -0.2) is 0 Å². The van der Waals surface area contributed by atoms with Gasteiger partial charge in [-0.05, 0) is 42.7 Å². The van der Waals surface area contributed by atoms with Gasteiger partial charge >= 0.3 is 0 Å². The standard InChI is InChI=1S/C18H28O/c1-3-5-7-16-10-13-18(19-14-16)17-11-8-15(6-4-2)9-12-17/h8-9,11-12,16,18H,3-7,10,13-14H2,1-2H3. The molecule has 0 bridgehead atoms. The molecule has 1 aromatic rings. The quantitative estimate of drug-likeness (QED) is 0.674. The molecule has 1 aliphatic heterocycles. The molecule has 2 atom stereocenters. The number of unbranched alkanes of at least 4 members (excludes halogenated alkanes) is 1. The van der Waals surface area contributed by atoms with E-state index in [0.29, 0.717) is 6.10 Å². The summed E-state index contributed by atoms with van der Waals surface area (Å²) in [5, 5.41) is 0. The molecule has 1 aliphatic rings. The predicted octanol–water partition coefficient (Wildman–Crippen LogP) is 5.30. The second kappa shape index (κ2) is 7.69.